The van der Waals surface area contributed by atoms with Gasteiger partial charge in [-0.2, -0.15) is 0 Å². The standard InChI is InChI=1S/C16H20N2O2S/c1-10(2)11-7-5-6-8-12(11)17-15-18-13(9-21-15)16(3,4)14(19)20/h5-10H,1-4H3,(H,17,18)(H,19,20). The lowest BCUT2D eigenvalue weighted by Gasteiger charge is -2.16. The number of hydrogen-bond donors (Lipinski definition) is 2. The Morgan fingerprint density at radius 3 is 2.62 bits per heavy atom. The first-order valence-electron chi connectivity index (χ1n) is 6.87. The van der Waals surface area contributed by atoms with Crippen molar-refractivity contribution in [3.8, 4) is 0 Å². The maximum atomic E-state index is 11.3. The Kier molecular flexibility index (Phi) is 4.32. The first-order chi connectivity index (χ1) is 9.82. The van der Waals surface area contributed by atoms with Gasteiger partial charge in [-0.25, -0.2) is 4.98 Å². The summed E-state index contributed by atoms with van der Waals surface area (Å²) >= 11 is 1.42. The molecule has 2 aromatic rings. The van der Waals surface area contributed by atoms with E-state index in [-0.39, 0.29) is 0 Å². The van der Waals surface area contributed by atoms with Gasteiger partial charge >= 0.3 is 5.97 Å². The van der Waals surface area contributed by atoms with Crippen molar-refractivity contribution in [2.75, 3.05) is 5.32 Å². The summed E-state index contributed by atoms with van der Waals surface area (Å²) in [6.45, 7) is 7.61. The van der Waals surface area contributed by atoms with Crippen LogP contribution in [0.25, 0.3) is 0 Å². The van der Waals surface area contributed by atoms with Gasteiger partial charge in [0.1, 0.15) is 5.41 Å². The molecule has 1 aromatic heterocycles. The summed E-state index contributed by atoms with van der Waals surface area (Å²) in [5.74, 6) is -0.467. The maximum Gasteiger partial charge on any atom is 0.315 e. The molecule has 0 aliphatic rings. The predicted octanol–water partition coefficient (Wildman–Crippen LogP) is 4.37. The normalized spacial score (nSPS) is 11.7. The lowest BCUT2D eigenvalue weighted by atomic mass is 9.90. The molecule has 0 bridgehead atoms. The van der Waals surface area contributed by atoms with E-state index in [9.17, 15) is 9.90 Å². The number of rotatable bonds is 5. The Labute approximate surface area is 128 Å². The summed E-state index contributed by atoms with van der Waals surface area (Å²) in [5.41, 5.74) is 1.83. The number of aliphatic carboxylic acids is 1. The molecule has 0 amide bonds. The lowest BCUT2D eigenvalue weighted by molar-refractivity contribution is -0.142. The number of thiazole rings is 1. The molecule has 0 aliphatic heterocycles. The summed E-state index contributed by atoms with van der Waals surface area (Å²) in [5, 5.41) is 15.1. The number of hydrogen-bond acceptors (Lipinski definition) is 4. The molecule has 2 rings (SSSR count). The number of aromatic nitrogens is 1. The molecule has 0 spiro atoms. The van der Waals surface area contributed by atoms with E-state index in [1.807, 2.05) is 18.2 Å². The number of carboxylic acid groups (broad SMARTS) is 1. The van der Waals surface area contributed by atoms with E-state index in [2.05, 4.69) is 30.2 Å². The fourth-order valence-electron chi connectivity index (χ4n) is 1.96. The highest BCUT2D eigenvalue weighted by Crippen LogP contribution is 2.31. The molecular formula is C16H20N2O2S. The van der Waals surface area contributed by atoms with Gasteiger partial charge < -0.3 is 10.4 Å². The molecule has 0 saturated heterocycles. The minimum absolute atomic E-state index is 0.406. The largest absolute Gasteiger partial charge is 0.481 e. The zero-order valence-corrected chi connectivity index (χ0v) is 13.5. The summed E-state index contributed by atoms with van der Waals surface area (Å²) in [6, 6.07) is 8.09. The van der Waals surface area contributed by atoms with Crippen molar-refractivity contribution in [3.05, 3.63) is 40.9 Å². The Morgan fingerprint density at radius 1 is 1.33 bits per heavy atom. The summed E-state index contributed by atoms with van der Waals surface area (Å²) in [7, 11) is 0. The van der Waals surface area contributed by atoms with Crippen molar-refractivity contribution in [3.63, 3.8) is 0 Å². The van der Waals surface area contributed by atoms with Crippen LogP contribution in [0, 0.1) is 0 Å². The smallest absolute Gasteiger partial charge is 0.315 e. The molecule has 2 N–H and O–H groups in total. The molecule has 0 unspecified atom stereocenters. The number of para-hydroxylation sites is 1. The molecular weight excluding hydrogens is 284 g/mol. The third-order valence-corrected chi connectivity index (χ3v) is 4.26. The van der Waals surface area contributed by atoms with Crippen molar-refractivity contribution in [1.29, 1.82) is 0 Å². The van der Waals surface area contributed by atoms with Crippen molar-refractivity contribution in [1.82, 2.24) is 4.98 Å². The van der Waals surface area contributed by atoms with Crippen LogP contribution < -0.4 is 5.32 Å². The topological polar surface area (TPSA) is 62.2 Å². The predicted molar refractivity (Wildman–Crippen MR) is 86.6 cm³/mol. The zero-order valence-electron chi connectivity index (χ0n) is 12.7. The molecule has 0 atom stereocenters. The van der Waals surface area contributed by atoms with Gasteiger partial charge in [-0.15, -0.1) is 11.3 Å². The van der Waals surface area contributed by atoms with Crippen LogP contribution in [0.3, 0.4) is 0 Å². The van der Waals surface area contributed by atoms with Crippen molar-refractivity contribution >= 4 is 28.1 Å². The van der Waals surface area contributed by atoms with Gasteiger partial charge in [0.25, 0.3) is 0 Å². The first kappa shape index (κ1) is 15.5. The van der Waals surface area contributed by atoms with E-state index in [0.717, 1.165) is 5.69 Å². The van der Waals surface area contributed by atoms with Crippen LogP contribution in [-0.4, -0.2) is 16.1 Å². The van der Waals surface area contributed by atoms with Gasteiger partial charge in [-0.1, -0.05) is 32.0 Å². The first-order valence-corrected chi connectivity index (χ1v) is 7.75. The molecule has 0 saturated carbocycles. The molecule has 0 aliphatic carbocycles. The molecule has 112 valence electrons. The highest BCUT2D eigenvalue weighted by molar-refractivity contribution is 7.13. The fourth-order valence-corrected chi connectivity index (χ4v) is 2.85. The van der Waals surface area contributed by atoms with E-state index < -0.39 is 11.4 Å². The Morgan fingerprint density at radius 2 is 2.00 bits per heavy atom. The van der Waals surface area contributed by atoms with Crippen LogP contribution in [0.15, 0.2) is 29.6 Å². The van der Waals surface area contributed by atoms with Crippen molar-refractivity contribution in [2.24, 2.45) is 0 Å². The number of nitrogens with zero attached hydrogens (tertiary/aromatic N) is 1. The quantitative estimate of drug-likeness (QED) is 0.861. The van der Waals surface area contributed by atoms with Crippen LogP contribution in [0.4, 0.5) is 10.8 Å². The number of benzene rings is 1. The van der Waals surface area contributed by atoms with E-state index >= 15 is 0 Å². The number of nitrogens with one attached hydrogen (secondary N) is 1. The minimum atomic E-state index is -0.978. The lowest BCUT2D eigenvalue weighted by Crippen LogP contribution is -2.28. The molecule has 1 aromatic carbocycles. The highest BCUT2D eigenvalue weighted by Gasteiger charge is 2.32. The molecule has 0 radical (unpaired) electrons. The van der Waals surface area contributed by atoms with Crippen LogP contribution in [0.2, 0.25) is 0 Å². The SMILES string of the molecule is CC(C)c1ccccc1Nc1nc(C(C)(C)C(=O)O)cs1. The monoisotopic (exact) mass is 304 g/mol. The van der Waals surface area contributed by atoms with E-state index in [0.29, 0.717) is 16.7 Å². The van der Waals surface area contributed by atoms with E-state index in [1.165, 1.54) is 16.9 Å². The van der Waals surface area contributed by atoms with Crippen LogP contribution in [-0.2, 0) is 10.2 Å². The second kappa shape index (κ2) is 5.85. The van der Waals surface area contributed by atoms with Gasteiger partial charge in [0.05, 0.1) is 5.69 Å². The Balaban J connectivity index is 2.27. The van der Waals surface area contributed by atoms with Crippen molar-refractivity contribution < 1.29 is 9.90 Å². The average molecular weight is 304 g/mol. The minimum Gasteiger partial charge on any atom is -0.481 e. The summed E-state index contributed by atoms with van der Waals surface area (Å²) in [6.07, 6.45) is 0. The summed E-state index contributed by atoms with van der Waals surface area (Å²) in [4.78, 5) is 15.7. The fraction of sp³-hybridized carbons (Fsp3) is 0.375. The van der Waals surface area contributed by atoms with Crippen LogP contribution >= 0.6 is 11.3 Å². The number of carbonyl (C=O) groups is 1. The molecule has 4 nitrogen and oxygen atoms in total. The summed E-state index contributed by atoms with van der Waals surface area (Å²) < 4.78 is 0. The van der Waals surface area contributed by atoms with Gasteiger partial charge in [-0.3, -0.25) is 4.79 Å². The van der Waals surface area contributed by atoms with Gasteiger partial charge in [0.2, 0.25) is 0 Å². The molecule has 21 heavy (non-hydrogen) atoms. The van der Waals surface area contributed by atoms with Crippen LogP contribution in [0.5, 0.6) is 0 Å². The second-order valence-corrected chi connectivity index (χ2v) is 6.69. The van der Waals surface area contributed by atoms with Gasteiger partial charge in [0.15, 0.2) is 5.13 Å². The number of anilines is 2. The maximum absolute atomic E-state index is 11.3. The second-order valence-electron chi connectivity index (χ2n) is 5.84. The molecule has 5 heteroatoms. The molecule has 0 fully saturated rings. The molecule has 1 heterocycles. The zero-order chi connectivity index (χ0) is 15.6. The van der Waals surface area contributed by atoms with Gasteiger partial charge in [0, 0.05) is 11.1 Å². The average Bonchev–Trinajstić information content (AvgIpc) is 2.88. The number of carboxylic acids is 1. The highest BCUT2D eigenvalue weighted by atomic mass is 32.1. The third-order valence-electron chi connectivity index (χ3n) is 3.50. The Hall–Kier alpha value is -1.88. The third kappa shape index (κ3) is 3.24. The van der Waals surface area contributed by atoms with E-state index in [1.54, 1.807) is 19.2 Å². The van der Waals surface area contributed by atoms with Crippen LogP contribution in [0.1, 0.15) is 44.9 Å². The van der Waals surface area contributed by atoms with Crippen molar-refractivity contribution in [2.45, 2.75) is 39.0 Å². The Bertz CT molecular complexity index is 647. The van der Waals surface area contributed by atoms with E-state index in [4.69, 9.17) is 0 Å². The van der Waals surface area contributed by atoms with Gasteiger partial charge in [-0.05, 0) is 31.4 Å².